The van der Waals surface area contributed by atoms with Crippen molar-refractivity contribution in [1.29, 1.82) is 0 Å². The molecule has 0 saturated heterocycles. The van der Waals surface area contributed by atoms with Crippen LogP contribution < -0.4 is 10.9 Å². The van der Waals surface area contributed by atoms with Gasteiger partial charge in [-0.05, 0) is 11.1 Å². The van der Waals surface area contributed by atoms with Crippen molar-refractivity contribution in [2.24, 2.45) is 0 Å². The number of amides is 1. The number of thiazole rings is 1. The Bertz CT molecular complexity index is 901. The normalized spacial score (nSPS) is 10.8. The minimum absolute atomic E-state index is 0.0325. The third-order valence-electron chi connectivity index (χ3n) is 3.45. The number of nitrogens with zero attached hydrogens (tertiary/aromatic N) is 2. The van der Waals surface area contributed by atoms with Gasteiger partial charge in [-0.25, -0.2) is 4.98 Å². The van der Waals surface area contributed by atoms with Crippen molar-refractivity contribution in [3.63, 3.8) is 0 Å². The van der Waals surface area contributed by atoms with Crippen LogP contribution in [0.4, 0.5) is 0 Å². The van der Waals surface area contributed by atoms with Crippen molar-refractivity contribution in [3.05, 3.63) is 69.1 Å². The Labute approximate surface area is 136 Å². The van der Waals surface area contributed by atoms with Gasteiger partial charge in [0.2, 0.25) is 0 Å². The number of methoxy groups -OCH3 is 1. The smallest absolute Gasteiger partial charge is 0.271 e. The van der Waals surface area contributed by atoms with Gasteiger partial charge < -0.3 is 10.1 Å². The number of rotatable bonds is 5. The van der Waals surface area contributed by atoms with Gasteiger partial charge in [0.25, 0.3) is 11.5 Å². The lowest BCUT2D eigenvalue weighted by molar-refractivity contribution is 0.0948. The lowest BCUT2D eigenvalue weighted by Crippen LogP contribution is -2.31. The molecule has 2 aromatic heterocycles. The van der Waals surface area contributed by atoms with Crippen molar-refractivity contribution in [3.8, 4) is 0 Å². The van der Waals surface area contributed by atoms with E-state index < -0.39 is 5.91 Å². The summed E-state index contributed by atoms with van der Waals surface area (Å²) in [6.45, 7) is 0.793. The summed E-state index contributed by atoms with van der Waals surface area (Å²) in [6.07, 6.45) is 2.94. The molecule has 0 spiro atoms. The fourth-order valence-corrected chi connectivity index (χ4v) is 2.95. The number of nitrogens with one attached hydrogen (secondary N) is 1. The van der Waals surface area contributed by atoms with Gasteiger partial charge in [-0.2, -0.15) is 0 Å². The SMILES string of the molecule is COCc1ccccc1CNC(=O)c1cnc2sccn2c1=O. The second-order valence-electron chi connectivity index (χ2n) is 4.92. The minimum Gasteiger partial charge on any atom is -0.380 e. The van der Waals surface area contributed by atoms with E-state index in [1.54, 1.807) is 18.7 Å². The molecule has 0 bridgehead atoms. The van der Waals surface area contributed by atoms with Crippen LogP contribution in [0.3, 0.4) is 0 Å². The van der Waals surface area contributed by atoms with Crippen LogP contribution in [0, 0.1) is 0 Å². The van der Waals surface area contributed by atoms with E-state index in [1.807, 2.05) is 24.3 Å². The molecule has 118 valence electrons. The van der Waals surface area contributed by atoms with Crippen LogP contribution in [0.25, 0.3) is 4.96 Å². The van der Waals surface area contributed by atoms with E-state index in [0.717, 1.165) is 11.1 Å². The third-order valence-corrected chi connectivity index (χ3v) is 4.22. The molecule has 1 N–H and O–H groups in total. The van der Waals surface area contributed by atoms with Crippen molar-refractivity contribution >= 4 is 22.2 Å². The second kappa shape index (κ2) is 6.72. The Balaban J connectivity index is 1.79. The van der Waals surface area contributed by atoms with Crippen LogP contribution in [0.5, 0.6) is 0 Å². The summed E-state index contributed by atoms with van der Waals surface area (Å²) in [7, 11) is 1.62. The predicted molar refractivity (Wildman–Crippen MR) is 87.7 cm³/mol. The highest BCUT2D eigenvalue weighted by atomic mass is 32.1. The summed E-state index contributed by atoms with van der Waals surface area (Å²) in [6, 6.07) is 7.68. The maximum absolute atomic E-state index is 12.3. The first-order valence-corrected chi connectivity index (χ1v) is 7.87. The first kappa shape index (κ1) is 15.4. The minimum atomic E-state index is -0.435. The number of hydrogen-bond acceptors (Lipinski definition) is 5. The molecule has 0 aliphatic rings. The molecule has 0 unspecified atom stereocenters. The first-order valence-electron chi connectivity index (χ1n) is 6.99. The summed E-state index contributed by atoms with van der Waals surface area (Å²) in [5.41, 5.74) is 1.62. The van der Waals surface area contributed by atoms with Gasteiger partial charge in [0.05, 0.1) is 6.61 Å². The number of carbonyl (C=O) groups excluding carboxylic acids is 1. The molecule has 3 aromatic rings. The Kier molecular flexibility index (Phi) is 4.50. The quantitative estimate of drug-likeness (QED) is 0.775. The summed E-state index contributed by atoms with van der Waals surface area (Å²) < 4.78 is 6.52. The molecule has 1 amide bonds. The number of hydrogen-bond donors (Lipinski definition) is 1. The van der Waals surface area contributed by atoms with Crippen LogP contribution in [0.15, 0.2) is 46.8 Å². The largest absolute Gasteiger partial charge is 0.380 e. The number of benzene rings is 1. The van der Waals surface area contributed by atoms with Gasteiger partial charge >= 0.3 is 0 Å². The number of carbonyl (C=O) groups is 1. The molecular formula is C16H15N3O3S. The molecular weight excluding hydrogens is 314 g/mol. The van der Waals surface area contributed by atoms with Crippen molar-refractivity contribution < 1.29 is 9.53 Å². The standard InChI is InChI=1S/C16H15N3O3S/c1-22-10-12-5-3-2-4-11(12)8-17-14(20)13-9-18-16-19(15(13)21)6-7-23-16/h2-7,9H,8,10H2,1H3,(H,17,20). The highest BCUT2D eigenvalue weighted by Crippen LogP contribution is 2.10. The summed E-state index contributed by atoms with van der Waals surface area (Å²) in [5, 5.41) is 4.52. The van der Waals surface area contributed by atoms with Gasteiger partial charge in [0, 0.05) is 31.4 Å². The average molecular weight is 329 g/mol. The Morgan fingerprint density at radius 2 is 2.13 bits per heavy atom. The van der Waals surface area contributed by atoms with E-state index in [2.05, 4.69) is 10.3 Å². The monoisotopic (exact) mass is 329 g/mol. The van der Waals surface area contributed by atoms with E-state index in [0.29, 0.717) is 18.1 Å². The van der Waals surface area contributed by atoms with Crippen molar-refractivity contribution in [2.75, 3.05) is 7.11 Å². The number of aromatic nitrogens is 2. The van der Waals surface area contributed by atoms with Crippen molar-refractivity contribution in [1.82, 2.24) is 14.7 Å². The molecule has 0 aliphatic heterocycles. The molecule has 0 saturated carbocycles. The highest BCUT2D eigenvalue weighted by Gasteiger charge is 2.14. The lowest BCUT2D eigenvalue weighted by atomic mass is 10.1. The number of fused-ring (bicyclic) bond motifs is 1. The van der Waals surface area contributed by atoms with Gasteiger partial charge in [-0.15, -0.1) is 11.3 Å². The van der Waals surface area contributed by atoms with E-state index in [-0.39, 0.29) is 11.1 Å². The third kappa shape index (κ3) is 3.15. The van der Waals surface area contributed by atoms with Crippen molar-refractivity contribution in [2.45, 2.75) is 13.2 Å². The molecule has 2 heterocycles. The molecule has 3 rings (SSSR count). The summed E-state index contributed by atoms with van der Waals surface area (Å²) in [5.74, 6) is -0.435. The topological polar surface area (TPSA) is 72.7 Å². The Morgan fingerprint density at radius 3 is 2.91 bits per heavy atom. The van der Waals surface area contributed by atoms with E-state index in [9.17, 15) is 9.59 Å². The van der Waals surface area contributed by atoms with Gasteiger partial charge in [0.15, 0.2) is 4.96 Å². The maximum Gasteiger partial charge on any atom is 0.271 e. The molecule has 7 heteroatoms. The zero-order valence-corrected chi connectivity index (χ0v) is 13.3. The second-order valence-corrected chi connectivity index (χ2v) is 5.79. The molecule has 0 aliphatic carbocycles. The summed E-state index contributed by atoms with van der Waals surface area (Å²) in [4.78, 5) is 29.2. The molecule has 1 aromatic carbocycles. The predicted octanol–water partition coefficient (Wildman–Crippen LogP) is 1.83. The zero-order valence-electron chi connectivity index (χ0n) is 12.5. The van der Waals surface area contributed by atoms with Crippen LogP contribution in [0.2, 0.25) is 0 Å². The first-order chi connectivity index (χ1) is 11.2. The van der Waals surface area contributed by atoms with Crippen LogP contribution in [-0.2, 0) is 17.9 Å². The lowest BCUT2D eigenvalue weighted by Gasteiger charge is -2.10. The molecule has 0 fully saturated rings. The Hall–Kier alpha value is -2.51. The van der Waals surface area contributed by atoms with Crippen LogP contribution in [-0.4, -0.2) is 22.4 Å². The van der Waals surface area contributed by atoms with Gasteiger partial charge in [0.1, 0.15) is 5.56 Å². The highest BCUT2D eigenvalue weighted by molar-refractivity contribution is 7.15. The van der Waals surface area contributed by atoms with Crippen LogP contribution >= 0.6 is 11.3 Å². The molecule has 0 atom stereocenters. The van der Waals surface area contributed by atoms with E-state index in [4.69, 9.17) is 4.74 Å². The fourth-order valence-electron chi connectivity index (χ4n) is 2.28. The maximum atomic E-state index is 12.3. The Morgan fingerprint density at radius 1 is 1.35 bits per heavy atom. The fraction of sp³-hybridized carbons (Fsp3) is 0.188. The molecule has 0 radical (unpaired) electrons. The summed E-state index contributed by atoms with van der Waals surface area (Å²) >= 11 is 1.35. The van der Waals surface area contributed by atoms with Gasteiger partial charge in [-0.3, -0.25) is 14.0 Å². The molecule has 23 heavy (non-hydrogen) atoms. The van der Waals surface area contributed by atoms with Crippen LogP contribution in [0.1, 0.15) is 21.5 Å². The molecule has 6 nitrogen and oxygen atoms in total. The van der Waals surface area contributed by atoms with Gasteiger partial charge in [-0.1, -0.05) is 24.3 Å². The zero-order chi connectivity index (χ0) is 16.2. The number of ether oxygens (including phenoxy) is 1. The van der Waals surface area contributed by atoms with E-state index >= 15 is 0 Å². The average Bonchev–Trinajstić information content (AvgIpc) is 3.04. The van der Waals surface area contributed by atoms with E-state index in [1.165, 1.54) is 21.9 Å².